The van der Waals surface area contributed by atoms with Crippen LogP contribution in [-0.4, -0.2) is 78.1 Å². The van der Waals surface area contributed by atoms with Crippen molar-refractivity contribution in [3.8, 4) is 0 Å². The first-order valence-electron chi connectivity index (χ1n) is 18.1. The van der Waals surface area contributed by atoms with Gasteiger partial charge in [-0.2, -0.15) is 0 Å². The number of nitrogens with two attached hydrogens (primary N) is 2. The summed E-state index contributed by atoms with van der Waals surface area (Å²) in [7, 11) is 0. The number of hydrogen-bond acceptors (Lipinski definition) is 9. The maximum absolute atomic E-state index is 13.4. The van der Waals surface area contributed by atoms with Gasteiger partial charge in [0.2, 0.25) is 28.7 Å². The number of ether oxygens (including phenoxy) is 1. The maximum Gasteiger partial charge on any atom is 0.408 e. The minimum absolute atomic E-state index is 0.0184. The molecule has 0 aromatic heterocycles. The Labute approximate surface area is 322 Å². The molecule has 4 atom stereocenters. The molecule has 0 saturated heterocycles. The molecule has 2 aromatic rings. The normalized spacial score (nSPS) is 13.1. The summed E-state index contributed by atoms with van der Waals surface area (Å²) in [6.07, 6.45) is 0.452. The van der Waals surface area contributed by atoms with Crippen LogP contribution in [0, 0.1) is 11.8 Å². The summed E-state index contributed by atoms with van der Waals surface area (Å²) >= 11 is 1.07. The largest absolute Gasteiger partial charge is 0.445 e. The zero-order valence-electron chi connectivity index (χ0n) is 31.8. The highest BCUT2D eigenvalue weighted by atomic mass is 32.2. The van der Waals surface area contributed by atoms with E-state index >= 15 is 0 Å². The molecule has 0 aliphatic carbocycles. The first-order chi connectivity index (χ1) is 25.6. The maximum atomic E-state index is 13.4. The van der Waals surface area contributed by atoms with Gasteiger partial charge in [-0.1, -0.05) is 100 Å². The van der Waals surface area contributed by atoms with Crippen LogP contribution in [0.5, 0.6) is 0 Å². The number of rotatable bonds is 22. The Hall–Kier alpha value is -5.12. The lowest BCUT2D eigenvalue weighted by Gasteiger charge is -2.24. The number of carbonyl (C=O) groups excluding carboxylic acids is 6. The van der Waals surface area contributed by atoms with Gasteiger partial charge in [-0.15, -0.1) is 0 Å². The van der Waals surface area contributed by atoms with Crippen molar-refractivity contribution in [1.29, 1.82) is 0 Å². The van der Waals surface area contributed by atoms with Gasteiger partial charge in [0.15, 0.2) is 5.96 Å². The predicted octanol–water partition coefficient (Wildman–Crippen LogP) is 2.48. The molecule has 5 amide bonds. The van der Waals surface area contributed by atoms with E-state index in [2.05, 4.69) is 31.6 Å². The smallest absolute Gasteiger partial charge is 0.408 e. The highest BCUT2D eigenvalue weighted by Crippen LogP contribution is 2.17. The first kappa shape index (κ1) is 45.0. The summed E-state index contributed by atoms with van der Waals surface area (Å²) in [4.78, 5) is 82.3. The van der Waals surface area contributed by atoms with Crippen molar-refractivity contribution in [2.24, 2.45) is 28.3 Å². The Morgan fingerprint density at radius 1 is 0.704 bits per heavy atom. The van der Waals surface area contributed by atoms with Crippen LogP contribution < -0.4 is 38.1 Å². The number of guanidine groups is 1. The van der Waals surface area contributed by atoms with E-state index in [1.165, 1.54) is 6.92 Å². The van der Waals surface area contributed by atoms with Gasteiger partial charge >= 0.3 is 6.09 Å². The number of thioether (sulfide) groups is 1. The lowest BCUT2D eigenvalue weighted by molar-refractivity contribution is -0.133. The van der Waals surface area contributed by atoms with E-state index in [1.54, 1.807) is 12.1 Å². The summed E-state index contributed by atoms with van der Waals surface area (Å²) in [6, 6.07) is 14.6. The van der Waals surface area contributed by atoms with E-state index in [9.17, 15) is 28.8 Å². The van der Waals surface area contributed by atoms with Crippen molar-refractivity contribution in [1.82, 2.24) is 26.6 Å². The number of nitrogens with one attached hydrogen (secondary N) is 5. The quantitative estimate of drug-likeness (QED) is 0.0525. The Kier molecular flexibility index (Phi) is 20.2. The van der Waals surface area contributed by atoms with E-state index in [0.717, 1.165) is 22.9 Å². The van der Waals surface area contributed by atoms with Crippen molar-refractivity contribution in [2.75, 3.05) is 13.1 Å². The molecule has 0 radical (unpaired) electrons. The number of amides is 5. The van der Waals surface area contributed by atoms with E-state index < -0.39 is 60.4 Å². The molecule has 0 spiro atoms. The van der Waals surface area contributed by atoms with Crippen molar-refractivity contribution in [3.05, 3.63) is 71.8 Å². The van der Waals surface area contributed by atoms with Gasteiger partial charge in [0.1, 0.15) is 24.7 Å². The summed E-state index contributed by atoms with van der Waals surface area (Å²) in [5, 5.41) is 12.9. The number of hydrogen-bond donors (Lipinski definition) is 7. The van der Waals surface area contributed by atoms with Crippen LogP contribution in [0.25, 0.3) is 0 Å². The summed E-state index contributed by atoms with van der Waals surface area (Å²) in [5.41, 5.74) is 12.6. The minimum atomic E-state index is -1.06. The summed E-state index contributed by atoms with van der Waals surface area (Å²) in [6.45, 7) is 8.83. The van der Waals surface area contributed by atoms with E-state index in [1.807, 2.05) is 76.2 Å². The van der Waals surface area contributed by atoms with E-state index in [-0.39, 0.29) is 48.9 Å². The first-order valence-corrected chi connectivity index (χ1v) is 19.0. The zero-order valence-corrected chi connectivity index (χ0v) is 32.6. The van der Waals surface area contributed by atoms with Gasteiger partial charge < -0.3 is 42.8 Å². The van der Waals surface area contributed by atoms with Crippen molar-refractivity contribution >= 4 is 52.6 Å². The highest BCUT2D eigenvalue weighted by Gasteiger charge is 2.29. The summed E-state index contributed by atoms with van der Waals surface area (Å²) < 4.78 is 5.26. The fourth-order valence-corrected chi connectivity index (χ4v) is 5.99. The number of carbonyl (C=O) groups is 6. The molecule has 0 saturated carbocycles. The Balaban J connectivity index is 1.98. The fourth-order valence-electron chi connectivity index (χ4n) is 5.11. The molecule has 0 aliphatic heterocycles. The molecule has 296 valence electrons. The molecule has 0 bridgehead atoms. The van der Waals surface area contributed by atoms with Crippen LogP contribution in [0.2, 0.25) is 0 Å². The summed E-state index contributed by atoms with van der Waals surface area (Å²) in [5.74, 6) is -2.07. The van der Waals surface area contributed by atoms with Crippen molar-refractivity contribution < 1.29 is 33.5 Å². The molecular weight excluding hydrogens is 713 g/mol. The van der Waals surface area contributed by atoms with Crippen LogP contribution in [0.1, 0.15) is 71.4 Å². The molecule has 0 unspecified atom stereocenters. The second-order valence-corrected chi connectivity index (χ2v) is 14.7. The van der Waals surface area contributed by atoms with Gasteiger partial charge in [0.25, 0.3) is 0 Å². The second kappa shape index (κ2) is 24.2. The Bertz CT molecular complexity index is 1540. The third-order valence-electron chi connectivity index (χ3n) is 7.83. The molecule has 2 aromatic carbocycles. The van der Waals surface area contributed by atoms with Crippen LogP contribution in [-0.2, 0) is 41.1 Å². The molecule has 2 rings (SSSR count). The predicted molar refractivity (Wildman–Crippen MR) is 210 cm³/mol. The zero-order chi connectivity index (χ0) is 40.0. The Morgan fingerprint density at radius 2 is 1.28 bits per heavy atom. The molecule has 9 N–H and O–H groups in total. The van der Waals surface area contributed by atoms with Gasteiger partial charge in [0, 0.05) is 12.3 Å². The van der Waals surface area contributed by atoms with Crippen LogP contribution in [0.4, 0.5) is 4.79 Å². The van der Waals surface area contributed by atoms with E-state index in [0.29, 0.717) is 18.6 Å². The third kappa shape index (κ3) is 18.6. The number of nitrogens with zero attached hydrogens (tertiary/aromatic N) is 1. The SMILES string of the molecule is CC(C)C[C@H](NC(=O)CNC(=O)[C@H](CC(C)C)NC(=O)OCc1ccccc1)C(=O)N[C@@H](C)C(=O)N[C@@H](CCCN=C(N)N)C(=O)SCc1ccccc1. The van der Waals surface area contributed by atoms with Gasteiger partial charge in [-0.3, -0.25) is 29.0 Å². The van der Waals surface area contributed by atoms with Crippen molar-refractivity contribution in [2.45, 2.75) is 96.8 Å². The average Bonchev–Trinajstić information content (AvgIpc) is 3.12. The molecule has 15 nitrogen and oxygen atoms in total. The van der Waals surface area contributed by atoms with E-state index in [4.69, 9.17) is 16.2 Å². The van der Waals surface area contributed by atoms with Gasteiger partial charge in [-0.25, -0.2) is 4.79 Å². The lowest BCUT2D eigenvalue weighted by Crippen LogP contribution is -2.56. The topological polar surface area (TPSA) is 236 Å². The third-order valence-corrected chi connectivity index (χ3v) is 8.88. The number of aliphatic imine (C=N–C) groups is 1. The minimum Gasteiger partial charge on any atom is -0.445 e. The number of benzene rings is 2. The molecule has 54 heavy (non-hydrogen) atoms. The van der Waals surface area contributed by atoms with Gasteiger partial charge in [-0.05, 0) is 55.6 Å². The van der Waals surface area contributed by atoms with Crippen LogP contribution in [0.3, 0.4) is 0 Å². The average molecular weight is 769 g/mol. The van der Waals surface area contributed by atoms with Crippen LogP contribution in [0.15, 0.2) is 65.7 Å². The monoisotopic (exact) mass is 768 g/mol. The molecule has 0 aliphatic rings. The molecule has 16 heteroatoms. The second-order valence-electron chi connectivity index (χ2n) is 13.7. The molecule has 0 fully saturated rings. The standard InChI is InChI=1S/C38H56N8O7S/c1-24(2)19-30(46-38(52)53-22-27-13-8-6-9-14-27)34(49)42-21-32(47)44-31(20-25(3)4)35(50)43-26(5)33(48)45-29(17-12-18-41-37(39)40)36(51)54-23-28-15-10-7-11-16-28/h6-11,13-16,24-26,29-31H,12,17-23H2,1-5H3,(H,42,49)(H,43,50)(H,44,47)(H,45,48)(H,46,52)(H4,39,40,41)/t26-,29-,30-,31-/m0/s1. The Morgan fingerprint density at radius 3 is 1.85 bits per heavy atom. The van der Waals surface area contributed by atoms with Crippen LogP contribution >= 0.6 is 11.8 Å². The molecular formula is C38H56N8O7S. The lowest BCUT2D eigenvalue weighted by atomic mass is 10.0. The number of alkyl carbamates (subject to hydrolysis) is 1. The van der Waals surface area contributed by atoms with Gasteiger partial charge in [0.05, 0.1) is 12.6 Å². The van der Waals surface area contributed by atoms with Crippen molar-refractivity contribution in [3.63, 3.8) is 0 Å². The fraction of sp³-hybridized carbons (Fsp3) is 0.500. The molecule has 0 heterocycles. The highest BCUT2D eigenvalue weighted by molar-refractivity contribution is 8.13.